The molecule has 1 atom stereocenters. The summed E-state index contributed by atoms with van der Waals surface area (Å²) in [5, 5.41) is 0. The van der Waals surface area contributed by atoms with Crippen molar-refractivity contribution in [1.82, 2.24) is 9.97 Å². The van der Waals surface area contributed by atoms with Gasteiger partial charge in [0.25, 0.3) is 5.95 Å². The Kier molecular flexibility index (Phi) is 3.03. The minimum atomic E-state index is -3.41. The Labute approximate surface area is 99.3 Å². The molecule has 0 aliphatic rings. The lowest BCUT2D eigenvalue weighted by atomic mass is 10.3. The van der Waals surface area contributed by atoms with Crippen molar-refractivity contribution in [2.45, 2.75) is 4.90 Å². The van der Waals surface area contributed by atoms with Crippen LogP contribution in [0.2, 0.25) is 0 Å². The molecule has 0 amide bonds. The van der Waals surface area contributed by atoms with Crippen LogP contribution in [-0.4, -0.2) is 14.5 Å². The second-order valence-electron chi connectivity index (χ2n) is 3.27. The maximum absolute atomic E-state index is 12.0. The van der Waals surface area contributed by atoms with Gasteiger partial charge in [0.1, 0.15) is 0 Å². The summed E-state index contributed by atoms with van der Waals surface area (Å²) in [6.45, 7) is 0. The standard InChI is InChI=1S/C10H10N4O2S/c11-8-2-4-9(5-3-8)17(15,16)14-10-12-6-1-7-13-10/h1-7H,11H2,(H-,12,13,14,15,16)/p+1. The number of hydrogen-bond donors (Lipinski definition) is 3. The van der Waals surface area contributed by atoms with E-state index in [1.54, 1.807) is 18.2 Å². The monoisotopic (exact) mass is 251 g/mol. The Morgan fingerprint density at radius 3 is 2.35 bits per heavy atom. The van der Waals surface area contributed by atoms with Gasteiger partial charge in [-0.25, -0.2) is 9.97 Å². The number of benzene rings is 1. The summed E-state index contributed by atoms with van der Waals surface area (Å²) in [5.74, 6) is 0.0943. The molecule has 1 unspecified atom stereocenters. The van der Waals surface area contributed by atoms with Crippen LogP contribution in [0, 0.1) is 0 Å². The first-order valence-electron chi connectivity index (χ1n) is 4.75. The van der Waals surface area contributed by atoms with E-state index in [9.17, 15) is 8.76 Å². The number of anilines is 2. The van der Waals surface area contributed by atoms with Gasteiger partial charge in [-0.2, -0.15) is 4.55 Å². The number of nitrogens with zero attached hydrogens (tertiary/aromatic N) is 2. The van der Waals surface area contributed by atoms with Crippen LogP contribution in [0.15, 0.2) is 47.6 Å². The van der Waals surface area contributed by atoms with Gasteiger partial charge >= 0.3 is 10.4 Å². The highest BCUT2D eigenvalue weighted by Crippen LogP contribution is 2.18. The molecule has 0 saturated carbocycles. The number of hydrogen-bond acceptors (Lipinski definition) is 4. The number of aromatic nitrogens is 2. The lowest BCUT2D eigenvalue weighted by molar-refractivity contribution is 0.502. The van der Waals surface area contributed by atoms with Gasteiger partial charge in [-0.1, -0.05) is 0 Å². The molecule has 0 aliphatic carbocycles. The van der Waals surface area contributed by atoms with Crippen LogP contribution in [0.5, 0.6) is 0 Å². The van der Waals surface area contributed by atoms with Crippen LogP contribution in [0.4, 0.5) is 11.6 Å². The molecule has 1 heterocycles. The molecule has 0 aliphatic heterocycles. The van der Waals surface area contributed by atoms with E-state index in [1.807, 2.05) is 0 Å². The third-order valence-corrected chi connectivity index (χ3v) is 3.37. The number of nitrogen functional groups attached to an aromatic ring is 1. The molecule has 4 N–H and O–H groups in total. The zero-order valence-electron chi connectivity index (χ0n) is 8.78. The summed E-state index contributed by atoms with van der Waals surface area (Å²) >= 11 is 0. The lowest BCUT2D eigenvalue weighted by Crippen LogP contribution is -2.21. The molecule has 17 heavy (non-hydrogen) atoms. The molecule has 2 rings (SSSR count). The Hall–Kier alpha value is -1.99. The first-order chi connectivity index (χ1) is 8.08. The third-order valence-electron chi connectivity index (χ3n) is 1.99. The van der Waals surface area contributed by atoms with Gasteiger partial charge in [0, 0.05) is 30.2 Å². The minimum absolute atomic E-state index is 0.0943. The van der Waals surface area contributed by atoms with Crippen LogP contribution in [0.3, 0.4) is 0 Å². The zero-order chi connectivity index (χ0) is 12.3. The lowest BCUT2D eigenvalue weighted by Gasteiger charge is -2.04. The van der Waals surface area contributed by atoms with Crippen molar-refractivity contribution in [3.05, 3.63) is 42.7 Å². The predicted molar refractivity (Wildman–Crippen MR) is 65.5 cm³/mol. The van der Waals surface area contributed by atoms with Crippen molar-refractivity contribution in [3.8, 4) is 0 Å². The van der Waals surface area contributed by atoms with Crippen LogP contribution < -0.4 is 10.5 Å². The summed E-state index contributed by atoms with van der Waals surface area (Å²) in [5.41, 5.74) is 6.03. The molecule has 0 radical (unpaired) electrons. The Morgan fingerprint density at radius 1 is 1.18 bits per heavy atom. The summed E-state index contributed by atoms with van der Waals surface area (Å²) < 4.78 is 24.2. The van der Waals surface area contributed by atoms with Crippen molar-refractivity contribution in [3.63, 3.8) is 0 Å². The largest absolute Gasteiger partial charge is 0.399 e. The molecule has 0 bridgehead atoms. The van der Waals surface area contributed by atoms with E-state index in [2.05, 4.69) is 14.7 Å². The van der Waals surface area contributed by atoms with Crippen molar-refractivity contribution in [1.29, 1.82) is 0 Å². The molecule has 0 spiro atoms. The van der Waals surface area contributed by atoms with Crippen molar-refractivity contribution in [2.24, 2.45) is 0 Å². The fraction of sp³-hybridized carbons (Fsp3) is 0. The van der Waals surface area contributed by atoms with Crippen molar-refractivity contribution >= 4 is 22.0 Å². The summed E-state index contributed by atoms with van der Waals surface area (Å²) in [6, 6.07) is 7.69. The number of rotatable bonds is 3. The molecule has 7 heteroatoms. The first-order valence-corrected chi connectivity index (χ1v) is 6.26. The van der Waals surface area contributed by atoms with Gasteiger partial charge in [0.2, 0.25) is 4.90 Å². The van der Waals surface area contributed by atoms with E-state index in [4.69, 9.17) is 5.73 Å². The van der Waals surface area contributed by atoms with Gasteiger partial charge in [-0.3, -0.25) is 0 Å². The normalized spacial score (nSPS) is 13.9. The fourth-order valence-corrected chi connectivity index (χ4v) is 2.16. The highest BCUT2D eigenvalue weighted by Gasteiger charge is 2.30. The smallest absolute Gasteiger partial charge is 0.349 e. The maximum Gasteiger partial charge on any atom is 0.349 e. The summed E-state index contributed by atoms with van der Waals surface area (Å²) in [7, 11) is -3.41. The second kappa shape index (κ2) is 4.48. The fourth-order valence-electron chi connectivity index (χ4n) is 1.19. The number of nitrogens with one attached hydrogen (secondary N) is 1. The van der Waals surface area contributed by atoms with Crippen LogP contribution >= 0.6 is 0 Å². The average Bonchev–Trinajstić information content (AvgIpc) is 2.30. The zero-order valence-corrected chi connectivity index (χ0v) is 9.59. The second-order valence-corrected chi connectivity index (χ2v) is 5.00. The van der Waals surface area contributed by atoms with E-state index in [0.29, 0.717) is 5.69 Å². The highest BCUT2D eigenvalue weighted by molar-refractivity contribution is 7.99. The van der Waals surface area contributed by atoms with Crippen LogP contribution in [-0.2, 0) is 14.6 Å². The Bertz CT molecular complexity index is 544. The van der Waals surface area contributed by atoms with Crippen molar-refractivity contribution in [2.75, 3.05) is 10.5 Å². The van der Waals surface area contributed by atoms with Gasteiger partial charge < -0.3 is 5.73 Å². The molecular weight excluding hydrogens is 240 g/mol. The molecule has 0 fully saturated rings. The van der Waals surface area contributed by atoms with Gasteiger partial charge in [-0.05, 0) is 22.4 Å². The molecule has 1 aromatic heterocycles. The quantitative estimate of drug-likeness (QED) is 0.565. The van der Waals surface area contributed by atoms with Crippen LogP contribution in [0.25, 0.3) is 0 Å². The van der Waals surface area contributed by atoms with Gasteiger partial charge in [0.15, 0.2) is 0 Å². The van der Waals surface area contributed by atoms with Crippen molar-refractivity contribution < 1.29 is 8.76 Å². The molecule has 1 aromatic carbocycles. The van der Waals surface area contributed by atoms with E-state index in [-0.39, 0.29) is 10.8 Å². The molecule has 2 aromatic rings. The van der Waals surface area contributed by atoms with E-state index >= 15 is 0 Å². The SMILES string of the molecule is Nc1ccc([S+](=O)(O)Nc2ncccn2)cc1. The third kappa shape index (κ3) is 2.77. The van der Waals surface area contributed by atoms with Crippen LogP contribution in [0.1, 0.15) is 0 Å². The molecule has 6 nitrogen and oxygen atoms in total. The van der Waals surface area contributed by atoms with Gasteiger partial charge in [-0.15, -0.1) is 4.72 Å². The number of nitrogens with two attached hydrogens (primary N) is 1. The molecule has 0 saturated heterocycles. The summed E-state index contributed by atoms with van der Waals surface area (Å²) in [4.78, 5) is 7.86. The predicted octanol–water partition coefficient (Wildman–Crippen LogP) is 1.42. The maximum atomic E-state index is 12.0. The van der Waals surface area contributed by atoms with E-state index in [1.165, 1.54) is 24.5 Å². The van der Waals surface area contributed by atoms with E-state index < -0.39 is 10.4 Å². The molecular formula is C10H11N4O2S+. The highest BCUT2D eigenvalue weighted by atomic mass is 32.3. The Morgan fingerprint density at radius 2 is 1.76 bits per heavy atom. The topological polar surface area (TPSA) is 101 Å². The Balaban J connectivity index is 2.25. The van der Waals surface area contributed by atoms with Gasteiger partial charge in [0.05, 0.1) is 0 Å². The molecule has 88 valence electrons. The first kappa shape index (κ1) is 11.5. The summed E-state index contributed by atoms with van der Waals surface area (Å²) in [6.07, 6.45) is 2.96. The average molecular weight is 251 g/mol. The van der Waals surface area contributed by atoms with E-state index in [0.717, 1.165) is 0 Å². The minimum Gasteiger partial charge on any atom is -0.399 e.